The summed E-state index contributed by atoms with van der Waals surface area (Å²) in [6, 6.07) is 5.15. The van der Waals surface area contributed by atoms with E-state index < -0.39 is 5.97 Å². The van der Waals surface area contributed by atoms with Gasteiger partial charge in [-0.15, -0.1) is 5.10 Å². The fourth-order valence-electron chi connectivity index (χ4n) is 1.89. The summed E-state index contributed by atoms with van der Waals surface area (Å²) in [7, 11) is 0. The maximum absolute atomic E-state index is 10.9. The molecule has 0 aliphatic rings. The molecular weight excluding hydrogens is 395 g/mol. The van der Waals surface area contributed by atoms with Crippen LogP contribution in [0.1, 0.15) is 25.8 Å². The molecule has 0 bridgehead atoms. The Bertz CT molecular complexity index is 632. The average molecular weight is 407 g/mol. The lowest BCUT2D eigenvalue weighted by Gasteiger charge is -2.15. The van der Waals surface area contributed by atoms with E-state index in [2.05, 4.69) is 38.1 Å². The number of aliphatic carboxylic acids is 1. The Balaban J connectivity index is 2.46. The molecule has 106 valence electrons. The van der Waals surface area contributed by atoms with E-state index in [1.165, 1.54) is 0 Å². The molecule has 0 aliphatic carbocycles. The van der Waals surface area contributed by atoms with Gasteiger partial charge in [-0.1, -0.05) is 18.5 Å². The van der Waals surface area contributed by atoms with Crippen LogP contribution in [0.2, 0.25) is 5.02 Å². The van der Waals surface area contributed by atoms with Crippen molar-refractivity contribution in [3.63, 3.8) is 0 Å². The molecule has 0 radical (unpaired) electrons. The standard InChI is InChI=1S/C12H12ClIN4O2/c1-2-8(6-11(19)20)18-12(15-16-17-18)9-5-7(13)3-4-10(9)14/h3-5,8H,2,6H2,1H3,(H,19,20). The van der Waals surface area contributed by atoms with Crippen molar-refractivity contribution in [3.8, 4) is 11.4 Å². The van der Waals surface area contributed by atoms with E-state index in [0.717, 1.165) is 9.13 Å². The molecule has 0 spiro atoms. The van der Waals surface area contributed by atoms with Gasteiger partial charge in [0, 0.05) is 14.2 Å². The molecule has 1 heterocycles. The molecule has 1 atom stereocenters. The van der Waals surface area contributed by atoms with Crippen molar-refractivity contribution in [2.45, 2.75) is 25.8 Å². The Morgan fingerprint density at radius 1 is 1.55 bits per heavy atom. The molecule has 0 saturated carbocycles. The number of carboxylic acid groups (broad SMARTS) is 1. The summed E-state index contributed by atoms with van der Waals surface area (Å²) >= 11 is 8.18. The zero-order valence-electron chi connectivity index (χ0n) is 10.6. The lowest BCUT2D eigenvalue weighted by Crippen LogP contribution is -2.16. The van der Waals surface area contributed by atoms with Crippen LogP contribution in [0, 0.1) is 3.57 Å². The van der Waals surface area contributed by atoms with Gasteiger partial charge in [0.2, 0.25) is 0 Å². The summed E-state index contributed by atoms with van der Waals surface area (Å²) in [6.45, 7) is 1.90. The number of carboxylic acids is 1. The number of nitrogens with zero attached hydrogens (tertiary/aromatic N) is 4. The highest BCUT2D eigenvalue weighted by Crippen LogP contribution is 2.29. The first kappa shape index (κ1) is 15.2. The minimum Gasteiger partial charge on any atom is -0.481 e. The maximum Gasteiger partial charge on any atom is 0.305 e. The molecule has 2 rings (SSSR count). The summed E-state index contributed by atoms with van der Waals surface area (Å²) in [6.07, 6.45) is 0.604. The fraction of sp³-hybridized carbons (Fsp3) is 0.333. The molecule has 0 amide bonds. The Morgan fingerprint density at radius 2 is 2.30 bits per heavy atom. The van der Waals surface area contributed by atoms with Gasteiger partial charge in [0.15, 0.2) is 5.82 Å². The zero-order chi connectivity index (χ0) is 14.7. The van der Waals surface area contributed by atoms with Gasteiger partial charge in [-0.3, -0.25) is 4.79 Å². The fourth-order valence-corrected chi connectivity index (χ4v) is 2.64. The van der Waals surface area contributed by atoms with Gasteiger partial charge in [0.1, 0.15) is 0 Å². The molecule has 1 unspecified atom stereocenters. The Labute approximate surface area is 134 Å². The van der Waals surface area contributed by atoms with Crippen LogP contribution in [-0.4, -0.2) is 31.3 Å². The average Bonchev–Trinajstić information content (AvgIpc) is 2.87. The molecule has 1 N–H and O–H groups in total. The van der Waals surface area contributed by atoms with Gasteiger partial charge < -0.3 is 5.11 Å². The number of hydrogen-bond donors (Lipinski definition) is 1. The van der Waals surface area contributed by atoms with Crippen molar-refractivity contribution in [1.82, 2.24) is 20.2 Å². The zero-order valence-corrected chi connectivity index (χ0v) is 13.5. The van der Waals surface area contributed by atoms with Crippen molar-refractivity contribution in [3.05, 3.63) is 26.8 Å². The molecule has 1 aromatic carbocycles. The molecular formula is C12H12ClIN4O2. The number of tetrazole rings is 1. The maximum atomic E-state index is 10.9. The Hall–Kier alpha value is -1.22. The lowest BCUT2D eigenvalue weighted by molar-refractivity contribution is -0.138. The van der Waals surface area contributed by atoms with Gasteiger partial charge in [-0.25, -0.2) is 4.68 Å². The third-order valence-corrected chi connectivity index (χ3v) is 4.07. The SMILES string of the molecule is CCC(CC(=O)O)n1nnnc1-c1cc(Cl)ccc1I. The first-order valence-electron chi connectivity index (χ1n) is 5.98. The summed E-state index contributed by atoms with van der Waals surface area (Å²) in [4.78, 5) is 10.9. The smallest absolute Gasteiger partial charge is 0.305 e. The molecule has 0 saturated heterocycles. The quantitative estimate of drug-likeness (QED) is 0.772. The highest BCUT2D eigenvalue weighted by atomic mass is 127. The number of rotatable bonds is 5. The van der Waals surface area contributed by atoms with Crippen LogP contribution in [0.4, 0.5) is 0 Å². The monoisotopic (exact) mass is 406 g/mol. The Morgan fingerprint density at radius 3 is 2.95 bits per heavy atom. The van der Waals surface area contributed by atoms with Crippen LogP contribution in [0.25, 0.3) is 11.4 Å². The van der Waals surface area contributed by atoms with E-state index in [-0.39, 0.29) is 12.5 Å². The summed E-state index contributed by atoms with van der Waals surface area (Å²) in [5, 5.41) is 21.2. The van der Waals surface area contributed by atoms with E-state index in [1.807, 2.05) is 13.0 Å². The van der Waals surface area contributed by atoms with Gasteiger partial charge >= 0.3 is 5.97 Å². The number of aromatic nitrogens is 4. The van der Waals surface area contributed by atoms with Gasteiger partial charge in [-0.2, -0.15) is 0 Å². The minimum absolute atomic E-state index is 0.0221. The molecule has 2 aromatic rings. The van der Waals surface area contributed by atoms with Crippen molar-refractivity contribution in [1.29, 1.82) is 0 Å². The normalized spacial score (nSPS) is 12.3. The second-order valence-corrected chi connectivity index (χ2v) is 5.83. The summed E-state index contributed by atoms with van der Waals surface area (Å²) < 4.78 is 2.51. The number of hydrogen-bond acceptors (Lipinski definition) is 4. The third-order valence-electron chi connectivity index (χ3n) is 2.89. The largest absolute Gasteiger partial charge is 0.481 e. The second kappa shape index (κ2) is 6.49. The second-order valence-electron chi connectivity index (χ2n) is 4.23. The van der Waals surface area contributed by atoms with Crippen LogP contribution in [0.3, 0.4) is 0 Å². The molecule has 0 aliphatic heterocycles. The first-order chi connectivity index (χ1) is 9.52. The van der Waals surface area contributed by atoms with Crippen LogP contribution in [0.15, 0.2) is 18.2 Å². The predicted molar refractivity (Wildman–Crippen MR) is 82.6 cm³/mol. The number of carbonyl (C=O) groups is 1. The van der Waals surface area contributed by atoms with E-state index >= 15 is 0 Å². The van der Waals surface area contributed by atoms with Crippen LogP contribution >= 0.6 is 34.2 Å². The third kappa shape index (κ3) is 3.26. The van der Waals surface area contributed by atoms with E-state index in [9.17, 15) is 4.79 Å². The topological polar surface area (TPSA) is 80.9 Å². The van der Waals surface area contributed by atoms with Crippen molar-refractivity contribution in [2.75, 3.05) is 0 Å². The number of benzene rings is 1. The van der Waals surface area contributed by atoms with E-state index in [4.69, 9.17) is 16.7 Å². The highest BCUT2D eigenvalue weighted by molar-refractivity contribution is 14.1. The van der Waals surface area contributed by atoms with E-state index in [1.54, 1.807) is 16.8 Å². The molecule has 20 heavy (non-hydrogen) atoms. The first-order valence-corrected chi connectivity index (χ1v) is 7.43. The Kier molecular flexibility index (Phi) is 4.92. The van der Waals surface area contributed by atoms with Crippen molar-refractivity contribution in [2.24, 2.45) is 0 Å². The van der Waals surface area contributed by atoms with Gasteiger partial charge in [0.25, 0.3) is 0 Å². The molecule has 1 aromatic heterocycles. The lowest BCUT2D eigenvalue weighted by atomic mass is 10.1. The summed E-state index contributed by atoms with van der Waals surface area (Å²) in [5.74, 6) is -0.343. The van der Waals surface area contributed by atoms with Gasteiger partial charge in [0.05, 0.1) is 12.5 Å². The molecule has 8 heteroatoms. The van der Waals surface area contributed by atoms with Crippen LogP contribution < -0.4 is 0 Å². The summed E-state index contributed by atoms with van der Waals surface area (Å²) in [5.41, 5.74) is 0.798. The molecule has 0 fully saturated rings. The van der Waals surface area contributed by atoms with Crippen LogP contribution in [0.5, 0.6) is 0 Å². The molecule has 6 nitrogen and oxygen atoms in total. The van der Waals surface area contributed by atoms with Crippen LogP contribution in [-0.2, 0) is 4.79 Å². The highest BCUT2D eigenvalue weighted by Gasteiger charge is 2.21. The minimum atomic E-state index is -0.876. The van der Waals surface area contributed by atoms with Crippen molar-refractivity contribution < 1.29 is 9.90 Å². The number of halogens is 2. The predicted octanol–water partition coefficient (Wildman–Crippen LogP) is 3.02. The van der Waals surface area contributed by atoms with E-state index in [0.29, 0.717) is 17.3 Å². The van der Waals surface area contributed by atoms with Crippen molar-refractivity contribution >= 4 is 40.2 Å². The van der Waals surface area contributed by atoms with Gasteiger partial charge in [-0.05, 0) is 57.6 Å².